The summed E-state index contributed by atoms with van der Waals surface area (Å²) in [5.74, 6) is -0.137. The van der Waals surface area contributed by atoms with Gasteiger partial charge in [-0.2, -0.15) is 0 Å². The van der Waals surface area contributed by atoms with Gasteiger partial charge in [-0.15, -0.1) is 24.8 Å². The van der Waals surface area contributed by atoms with Gasteiger partial charge < -0.3 is 41.6 Å². The number of benzene rings is 4. The van der Waals surface area contributed by atoms with Crippen molar-refractivity contribution in [3.8, 4) is 16.9 Å². The van der Waals surface area contributed by atoms with Crippen molar-refractivity contribution in [3.63, 3.8) is 0 Å². The van der Waals surface area contributed by atoms with Gasteiger partial charge in [0, 0.05) is 74.3 Å². The average Bonchev–Trinajstić information content (AvgIpc) is 3.24. The molecule has 5 aromatic rings. The molecular formula is C47H58Cl2N6O7. The first kappa shape index (κ1) is 49.2. The molecule has 1 fully saturated rings. The third kappa shape index (κ3) is 13.3. The number of anilines is 2. The van der Waals surface area contributed by atoms with Crippen LogP contribution < -0.4 is 26.8 Å². The number of nitrogens with one attached hydrogen (secondary N) is 3. The standard InChI is InChI=1S/C47H56N6O7.2ClH/c1-52(45(58)12-7-8-31-15-22-37(33-9-3-2-4-10-33)40(28-31)53(47(59)60)36-20-16-34(48)17-21-36)27-6-5-11-43(56)50-35-18-13-32(14-19-35)29-49-30-42(55)38-23-25-41(54)46-39(38)24-26-44(57)51-46;;/h2-4,9-10,13-15,18-19,22-26,28,34,36,42,49,54-55H,5-8,11-12,16-17,20-21,27,29-30,48H2,1H3,(H,50,56)(H,51,57)(H,59,60);2*1H/t34?,36?,42-;;/m1../s1. The first-order chi connectivity index (χ1) is 29.0. The average molecular weight is 890 g/mol. The van der Waals surface area contributed by atoms with E-state index in [4.69, 9.17) is 5.73 Å². The summed E-state index contributed by atoms with van der Waals surface area (Å²) in [6.45, 7) is 1.27. The van der Waals surface area contributed by atoms with E-state index in [2.05, 4.69) is 15.6 Å². The number of hydrogen-bond donors (Lipinski definition) is 7. The molecule has 8 N–H and O–H groups in total. The van der Waals surface area contributed by atoms with Crippen LogP contribution in [0.2, 0.25) is 0 Å². The summed E-state index contributed by atoms with van der Waals surface area (Å²) in [6.07, 6.45) is 4.43. The molecule has 0 saturated heterocycles. The van der Waals surface area contributed by atoms with Crippen LogP contribution in [0.3, 0.4) is 0 Å². The quantitative estimate of drug-likeness (QED) is 0.0427. The Morgan fingerprint density at radius 2 is 1.56 bits per heavy atom. The summed E-state index contributed by atoms with van der Waals surface area (Å²) >= 11 is 0. The Hall–Kier alpha value is -5.44. The van der Waals surface area contributed by atoms with Crippen molar-refractivity contribution >= 4 is 65.0 Å². The molecule has 1 heterocycles. The number of carbonyl (C=O) groups excluding carboxylic acids is 2. The van der Waals surface area contributed by atoms with E-state index < -0.39 is 12.2 Å². The van der Waals surface area contributed by atoms with E-state index in [1.54, 1.807) is 24.1 Å². The predicted octanol–water partition coefficient (Wildman–Crippen LogP) is 7.91. The van der Waals surface area contributed by atoms with E-state index in [1.165, 1.54) is 17.0 Å². The van der Waals surface area contributed by atoms with E-state index in [9.17, 15) is 34.5 Å². The molecule has 0 spiro atoms. The molecule has 1 saturated carbocycles. The number of pyridine rings is 1. The van der Waals surface area contributed by atoms with Gasteiger partial charge in [0.1, 0.15) is 5.75 Å². The summed E-state index contributed by atoms with van der Waals surface area (Å²) in [5.41, 5.74) is 11.8. The lowest BCUT2D eigenvalue weighted by Gasteiger charge is -2.35. The molecule has 6 rings (SSSR count). The zero-order valence-electron chi connectivity index (χ0n) is 34.9. The number of halogens is 2. The molecular weight excluding hydrogens is 831 g/mol. The molecule has 1 aliphatic rings. The van der Waals surface area contributed by atoms with Crippen LogP contribution in [0.1, 0.15) is 80.6 Å². The summed E-state index contributed by atoms with van der Waals surface area (Å²) in [6, 6.07) is 29.2. The third-order valence-corrected chi connectivity index (χ3v) is 11.3. The number of aryl methyl sites for hydroxylation is 1. The highest BCUT2D eigenvalue weighted by molar-refractivity contribution is 5.94. The van der Waals surface area contributed by atoms with Crippen molar-refractivity contribution in [2.45, 2.75) is 88.9 Å². The number of phenols is 1. The van der Waals surface area contributed by atoms with Crippen LogP contribution in [0, 0.1) is 0 Å². The molecule has 1 atom stereocenters. The zero-order valence-corrected chi connectivity index (χ0v) is 36.6. The maximum Gasteiger partial charge on any atom is 0.412 e. The Labute approximate surface area is 374 Å². The molecule has 0 radical (unpaired) electrons. The van der Waals surface area contributed by atoms with Crippen molar-refractivity contribution in [2.24, 2.45) is 5.73 Å². The van der Waals surface area contributed by atoms with Crippen LogP contribution in [-0.4, -0.2) is 75.3 Å². The monoisotopic (exact) mass is 888 g/mol. The molecule has 4 aromatic carbocycles. The smallest absolute Gasteiger partial charge is 0.412 e. The topological polar surface area (TPSA) is 201 Å². The summed E-state index contributed by atoms with van der Waals surface area (Å²) in [5, 5.41) is 38.0. The number of unbranched alkanes of at least 4 members (excludes halogenated alkanes) is 1. The number of nitrogens with zero attached hydrogens (tertiary/aromatic N) is 2. The van der Waals surface area contributed by atoms with E-state index in [-0.39, 0.29) is 72.1 Å². The number of amides is 3. The number of H-pyrrole nitrogens is 1. The lowest BCUT2D eigenvalue weighted by Crippen LogP contribution is -2.44. The number of carboxylic acid groups (broad SMARTS) is 1. The fraction of sp³-hybridized carbons (Fsp3) is 0.362. The number of rotatable bonds is 18. The second-order valence-electron chi connectivity index (χ2n) is 15.7. The minimum Gasteiger partial charge on any atom is -0.506 e. The number of phenolic OH excluding ortho intramolecular Hbond substituents is 1. The number of carbonyl (C=O) groups is 3. The van der Waals surface area contributed by atoms with Gasteiger partial charge in [-0.05, 0) is 104 Å². The minimum atomic E-state index is -0.975. The normalized spacial score (nSPS) is 15.1. The number of hydrogen-bond acceptors (Lipinski definition) is 8. The summed E-state index contributed by atoms with van der Waals surface area (Å²) < 4.78 is 0. The largest absolute Gasteiger partial charge is 0.506 e. The van der Waals surface area contributed by atoms with Crippen molar-refractivity contribution in [3.05, 3.63) is 124 Å². The van der Waals surface area contributed by atoms with Crippen LogP contribution in [0.5, 0.6) is 5.75 Å². The van der Waals surface area contributed by atoms with E-state index >= 15 is 0 Å². The number of aliphatic hydroxyl groups excluding tert-OH is 1. The van der Waals surface area contributed by atoms with Gasteiger partial charge in [-0.1, -0.05) is 60.7 Å². The van der Waals surface area contributed by atoms with Gasteiger partial charge in [-0.25, -0.2) is 4.79 Å². The molecule has 1 aliphatic carbocycles. The SMILES string of the molecule is CN(CCCCC(=O)Nc1ccc(CNC[C@@H](O)c2ccc(O)c3[nH]c(=O)ccc23)cc1)C(=O)CCCc1ccc(-c2ccccc2)c(N(C(=O)O)C2CCC(N)CC2)c1.Cl.Cl. The first-order valence-electron chi connectivity index (χ1n) is 20.8. The van der Waals surface area contributed by atoms with Gasteiger partial charge >= 0.3 is 6.09 Å². The van der Waals surface area contributed by atoms with E-state index in [1.807, 2.05) is 72.8 Å². The molecule has 0 unspecified atom stereocenters. The van der Waals surface area contributed by atoms with Crippen molar-refractivity contribution < 1.29 is 29.7 Å². The number of nitrogens with two attached hydrogens (primary N) is 1. The number of aromatic nitrogens is 1. The Balaban J connectivity index is 0.00000422. The first-order valence-corrected chi connectivity index (χ1v) is 20.8. The third-order valence-electron chi connectivity index (χ3n) is 11.3. The summed E-state index contributed by atoms with van der Waals surface area (Å²) in [4.78, 5) is 55.9. The van der Waals surface area contributed by atoms with E-state index in [0.717, 1.165) is 47.9 Å². The molecule has 0 aliphatic heterocycles. The predicted molar refractivity (Wildman–Crippen MR) is 250 cm³/mol. The molecule has 62 heavy (non-hydrogen) atoms. The maximum atomic E-state index is 13.0. The maximum absolute atomic E-state index is 13.0. The van der Waals surface area contributed by atoms with Crippen LogP contribution in [0.15, 0.2) is 102 Å². The second-order valence-corrected chi connectivity index (χ2v) is 15.7. The lowest BCUT2D eigenvalue weighted by molar-refractivity contribution is -0.130. The number of aromatic hydroxyl groups is 1. The molecule has 3 amide bonds. The fourth-order valence-electron chi connectivity index (χ4n) is 7.95. The number of aromatic amines is 1. The Kier molecular flexibility index (Phi) is 18.8. The van der Waals surface area contributed by atoms with Gasteiger partial charge in [0.15, 0.2) is 0 Å². The molecule has 1 aromatic heterocycles. The summed E-state index contributed by atoms with van der Waals surface area (Å²) in [7, 11) is 1.78. The molecule has 332 valence electrons. The second kappa shape index (κ2) is 23.7. The van der Waals surface area contributed by atoms with Crippen LogP contribution in [-0.2, 0) is 22.6 Å². The number of aliphatic hydroxyl groups is 1. The fourth-order valence-corrected chi connectivity index (χ4v) is 7.95. The van der Waals surface area contributed by atoms with Gasteiger partial charge in [0.05, 0.1) is 17.3 Å². The minimum absolute atomic E-state index is 0. The highest BCUT2D eigenvalue weighted by Gasteiger charge is 2.31. The van der Waals surface area contributed by atoms with Crippen LogP contribution >= 0.6 is 24.8 Å². The highest BCUT2D eigenvalue weighted by Crippen LogP contribution is 2.36. The van der Waals surface area contributed by atoms with Crippen molar-refractivity contribution in [1.82, 2.24) is 15.2 Å². The molecule has 13 nitrogen and oxygen atoms in total. The van der Waals surface area contributed by atoms with Crippen molar-refractivity contribution in [1.29, 1.82) is 0 Å². The Morgan fingerprint density at radius 1 is 0.855 bits per heavy atom. The van der Waals surface area contributed by atoms with Gasteiger partial charge in [0.25, 0.3) is 0 Å². The Bertz CT molecular complexity index is 2300. The molecule has 15 heteroatoms. The van der Waals surface area contributed by atoms with Gasteiger partial charge in [-0.3, -0.25) is 19.3 Å². The molecule has 0 bridgehead atoms. The van der Waals surface area contributed by atoms with Crippen LogP contribution in [0.4, 0.5) is 16.2 Å². The zero-order chi connectivity index (χ0) is 42.6. The van der Waals surface area contributed by atoms with E-state index in [0.29, 0.717) is 73.9 Å². The Morgan fingerprint density at radius 3 is 2.27 bits per heavy atom. The number of fused-ring (bicyclic) bond motifs is 1. The van der Waals surface area contributed by atoms with Crippen molar-refractivity contribution in [2.75, 3.05) is 30.4 Å². The lowest BCUT2D eigenvalue weighted by atomic mass is 9.89. The van der Waals surface area contributed by atoms with Crippen LogP contribution in [0.25, 0.3) is 22.0 Å². The highest BCUT2D eigenvalue weighted by atomic mass is 35.5. The van der Waals surface area contributed by atoms with Gasteiger partial charge in [0.2, 0.25) is 17.4 Å².